The minimum atomic E-state index is -4.91. The highest BCUT2D eigenvalue weighted by atomic mass is 79.9. The van der Waals surface area contributed by atoms with Gasteiger partial charge in [0.25, 0.3) is 0 Å². The second-order valence-corrected chi connectivity index (χ2v) is 5.43. The van der Waals surface area contributed by atoms with E-state index in [0.29, 0.717) is 0 Å². The lowest BCUT2D eigenvalue weighted by Gasteiger charge is -2.32. The second-order valence-electron chi connectivity index (χ2n) is 4.17. The lowest BCUT2D eigenvalue weighted by Crippen LogP contribution is -2.43. The fourth-order valence-electron chi connectivity index (χ4n) is 1.96. The Balaban J connectivity index is 2.78. The minimum Gasteiger partial charge on any atom is -0.372 e. The van der Waals surface area contributed by atoms with Crippen molar-refractivity contribution >= 4 is 27.5 Å². The van der Waals surface area contributed by atoms with Gasteiger partial charge in [0.05, 0.1) is 0 Å². The monoisotopic (exact) mass is 364 g/mol. The Bertz CT molecular complexity index is 582. The van der Waals surface area contributed by atoms with E-state index in [1.165, 1.54) is 36.4 Å². The number of hydrogen-bond acceptors (Lipinski definition) is 1. The zero-order valence-corrected chi connectivity index (χ0v) is 12.3. The third-order valence-electron chi connectivity index (χ3n) is 2.94. The van der Waals surface area contributed by atoms with E-state index in [9.17, 15) is 18.3 Å². The first kappa shape index (κ1) is 15.4. The van der Waals surface area contributed by atoms with E-state index in [2.05, 4.69) is 15.9 Å². The molecule has 2 rings (SSSR count). The van der Waals surface area contributed by atoms with E-state index in [4.69, 9.17) is 11.6 Å². The van der Waals surface area contributed by atoms with Crippen LogP contribution in [0, 0.1) is 0 Å². The van der Waals surface area contributed by atoms with Crippen molar-refractivity contribution in [3.8, 4) is 0 Å². The van der Waals surface area contributed by atoms with Gasteiger partial charge in [-0.2, -0.15) is 13.2 Å². The number of rotatable bonds is 2. The summed E-state index contributed by atoms with van der Waals surface area (Å²) in [6.45, 7) is 0. The molecule has 0 heterocycles. The molecule has 0 radical (unpaired) electrons. The molecular weight excluding hydrogens is 357 g/mol. The highest BCUT2D eigenvalue weighted by Crippen LogP contribution is 2.48. The van der Waals surface area contributed by atoms with Gasteiger partial charge in [-0.3, -0.25) is 0 Å². The number of halogens is 5. The fraction of sp³-hybridized carbons (Fsp3) is 0.143. The van der Waals surface area contributed by atoms with E-state index < -0.39 is 17.3 Å². The molecule has 0 bridgehead atoms. The van der Waals surface area contributed by atoms with Crippen molar-refractivity contribution in [3.05, 3.63) is 69.2 Å². The molecule has 1 nitrogen and oxygen atoms in total. The summed E-state index contributed by atoms with van der Waals surface area (Å²) < 4.78 is 40.7. The molecule has 0 aliphatic rings. The Labute approximate surface area is 127 Å². The van der Waals surface area contributed by atoms with Crippen molar-refractivity contribution in [3.63, 3.8) is 0 Å². The summed E-state index contributed by atoms with van der Waals surface area (Å²) in [7, 11) is 0. The summed E-state index contributed by atoms with van der Waals surface area (Å²) in [5.74, 6) is 0. The van der Waals surface area contributed by atoms with E-state index in [1.807, 2.05) is 0 Å². The smallest absolute Gasteiger partial charge is 0.372 e. The lowest BCUT2D eigenvalue weighted by atomic mass is 9.85. The molecule has 2 aromatic carbocycles. The third-order valence-corrected chi connectivity index (χ3v) is 3.96. The van der Waals surface area contributed by atoms with Gasteiger partial charge in [-0.05, 0) is 12.1 Å². The van der Waals surface area contributed by atoms with Crippen molar-refractivity contribution in [2.75, 3.05) is 0 Å². The summed E-state index contributed by atoms with van der Waals surface area (Å²) >= 11 is 8.88. The SMILES string of the molecule is OC(c1ccccc1Cl)(c1ccccc1Br)C(F)(F)F. The summed E-state index contributed by atoms with van der Waals surface area (Å²) in [4.78, 5) is 0. The third kappa shape index (κ3) is 2.45. The molecule has 1 unspecified atom stereocenters. The average Bonchev–Trinajstić information content (AvgIpc) is 2.37. The first-order valence-corrected chi connectivity index (χ1v) is 6.74. The first-order valence-electron chi connectivity index (χ1n) is 5.57. The molecule has 106 valence electrons. The molecule has 0 saturated heterocycles. The Morgan fingerprint density at radius 3 is 1.90 bits per heavy atom. The molecule has 0 aromatic heterocycles. The van der Waals surface area contributed by atoms with E-state index in [-0.39, 0.29) is 15.1 Å². The van der Waals surface area contributed by atoms with E-state index in [0.717, 1.165) is 6.07 Å². The van der Waals surface area contributed by atoms with Gasteiger partial charge < -0.3 is 5.11 Å². The van der Waals surface area contributed by atoms with Crippen LogP contribution in [-0.4, -0.2) is 11.3 Å². The first-order chi connectivity index (χ1) is 9.28. The maximum Gasteiger partial charge on any atom is 0.425 e. The van der Waals surface area contributed by atoms with Crippen LogP contribution in [-0.2, 0) is 5.60 Å². The summed E-state index contributed by atoms with van der Waals surface area (Å²) in [6.07, 6.45) is -4.91. The minimum absolute atomic E-state index is 0.150. The van der Waals surface area contributed by atoms with E-state index in [1.54, 1.807) is 6.07 Å². The number of alkyl halides is 3. The molecule has 1 atom stereocenters. The van der Waals surface area contributed by atoms with E-state index >= 15 is 0 Å². The quantitative estimate of drug-likeness (QED) is 0.802. The Morgan fingerprint density at radius 2 is 1.40 bits per heavy atom. The molecular formula is C14H9BrClF3O. The Kier molecular flexibility index (Phi) is 4.14. The number of hydrogen-bond donors (Lipinski definition) is 1. The van der Waals surface area contributed by atoms with Gasteiger partial charge in [0.2, 0.25) is 5.60 Å². The molecule has 1 N–H and O–H groups in total. The lowest BCUT2D eigenvalue weighted by molar-refractivity contribution is -0.248. The van der Waals surface area contributed by atoms with Crippen molar-refractivity contribution in [2.24, 2.45) is 0 Å². The fourth-order valence-corrected chi connectivity index (χ4v) is 2.80. The molecule has 20 heavy (non-hydrogen) atoms. The van der Waals surface area contributed by atoms with Crippen LogP contribution in [0.2, 0.25) is 5.02 Å². The van der Waals surface area contributed by atoms with Crippen molar-refractivity contribution < 1.29 is 18.3 Å². The number of aliphatic hydroxyl groups is 1. The highest BCUT2D eigenvalue weighted by molar-refractivity contribution is 9.10. The predicted octanol–water partition coefficient (Wildman–Crippen LogP) is 4.90. The van der Waals surface area contributed by atoms with Gasteiger partial charge in [-0.25, -0.2) is 0 Å². The van der Waals surface area contributed by atoms with Gasteiger partial charge >= 0.3 is 6.18 Å². The van der Waals surface area contributed by atoms with Gasteiger partial charge in [0.1, 0.15) is 0 Å². The molecule has 2 aromatic rings. The van der Waals surface area contributed by atoms with Crippen LogP contribution in [0.1, 0.15) is 11.1 Å². The Hall–Kier alpha value is -1.04. The van der Waals surface area contributed by atoms with Crippen LogP contribution in [0.15, 0.2) is 53.0 Å². The maximum atomic E-state index is 13.5. The molecule has 6 heteroatoms. The predicted molar refractivity (Wildman–Crippen MR) is 74.6 cm³/mol. The van der Waals surface area contributed by atoms with Crippen LogP contribution in [0.25, 0.3) is 0 Å². The van der Waals surface area contributed by atoms with Gasteiger partial charge in [0.15, 0.2) is 0 Å². The van der Waals surface area contributed by atoms with Crippen molar-refractivity contribution in [2.45, 2.75) is 11.8 Å². The van der Waals surface area contributed by atoms with Crippen molar-refractivity contribution in [1.29, 1.82) is 0 Å². The van der Waals surface area contributed by atoms with Crippen LogP contribution in [0.5, 0.6) is 0 Å². The second kappa shape index (κ2) is 5.39. The Morgan fingerprint density at radius 1 is 0.900 bits per heavy atom. The highest BCUT2D eigenvalue weighted by Gasteiger charge is 2.57. The van der Waals surface area contributed by atoms with Crippen LogP contribution in [0.3, 0.4) is 0 Å². The standard InChI is InChI=1S/C14H9BrClF3O/c15-11-7-3-1-5-9(11)13(20,14(17,18)19)10-6-2-4-8-12(10)16/h1-8,20H. The average molecular weight is 366 g/mol. The molecule has 0 fully saturated rings. The van der Waals surface area contributed by atoms with Crippen molar-refractivity contribution in [1.82, 2.24) is 0 Å². The topological polar surface area (TPSA) is 20.2 Å². The zero-order valence-electron chi connectivity index (χ0n) is 9.96. The van der Waals surface area contributed by atoms with Crippen LogP contribution < -0.4 is 0 Å². The van der Waals surface area contributed by atoms with Gasteiger partial charge in [0, 0.05) is 20.6 Å². The molecule has 0 amide bonds. The zero-order chi connectivity index (χ0) is 15.0. The number of benzene rings is 2. The van der Waals surface area contributed by atoms with Crippen LogP contribution in [0.4, 0.5) is 13.2 Å². The van der Waals surface area contributed by atoms with Gasteiger partial charge in [-0.15, -0.1) is 0 Å². The maximum absolute atomic E-state index is 13.5. The molecule has 0 aliphatic carbocycles. The van der Waals surface area contributed by atoms with Gasteiger partial charge in [-0.1, -0.05) is 63.9 Å². The molecule has 0 spiro atoms. The van der Waals surface area contributed by atoms with Crippen LogP contribution >= 0.6 is 27.5 Å². The summed E-state index contributed by atoms with van der Waals surface area (Å²) in [5.41, 5.74) is -3.88. The summed E-state index contributed by atoms with van der Waals surface area (Å²) in [6, 6.07) is 11.0. The largest absolute Gasteiger partial charge is 0.425 e. The normalized spacial score (nSPS) is 14.9. The molecule has 0 aliphatic heterocycles. The summed E-state index contributed by atoms with van der Waals surface area (Å²) in [5, 5.41) is 10.3. The molecule has 0 saturated carbocycles.